The molecule has 5 heteroatoms. The molecule has 0 spiro atoms. The Hall–Kier alpha value is -1.36. The molecule has 1 amide bonds. The van der Waals surface area contributed by atoms with Crippen LogP contribution < -0.4 is 5.73 Å². The van der Waals surface area contributed by atoms with Crippen LogP contribution in [0.4, 0.5) is 0 Å². The van der Waals surface area contributed by atoms with Crippen molar-refractivity contribution >= 4 is 5.91 Å². The summed E-state index contributed by atoms with van der Waals surface area (Å²) in [5.74, 6) is -0.484. The first kappa shape index (κ1) is 10.7. The number of H-pyrrole nitrogens is 1. The molecule has 0 saturated carbocycles. The molecule has 0 fully saturated rings. The van der Waals surface area contributed by atoms with Crippen LogP contribution in [0.3, 0.4) is 0 Å². The quantitative estimate of drug-likeness (QED) is 0.670. The molecular formula is C9H15N3O2. The highest BCUT2D eigenvalue weighted by atomic mass is 16.5. The molecule has 0 bridgehead atoms. The fraction of sp³-hybridized carbons (Fsp3) is 0.556. The number of aromatic amines is 1. The number of rotatable bonds is 5. The van der Waals surface area contributed by atoms with Crippen LogP contribution in [0, 0.1) is 6.92 Å². The summed E-state index contributed by atoms with van der Waals surface area (Å²) < 4.78 is 4.93. The molecule has 0 aliphatic heterocycles. The van der Waals surface area contributed by atoms with E-state index in [9.17, 15) is 4.79 Å². The normalized spacial score (nSPS) is 10.4. The number of aromatic nitrogens is 2. The summed E-state index contributed by atoms with van der Waals surface area (Å²) in [5.41, 5.74) is 7.32. The molecule has 0 unspecified atom stereocenters. The van der Waals surface area contributed by atoms with Crippen molar-refractivity contribution in [3.05, 3.63) is 17.0 Å². The Bertz CT molecular complexity index is 320. The maximum atomic E-state index is 11.0. The van der Waals surface area contributed by atoms with E-state index in [1.807, 2.05) is 6.92 Å². The summed E-state index contributed by atoms with van der Waals surface area (Å²) in [6, 6.07) is 0. The lowest BCUT2D eigenvalue weighted by molar-refractivity contribution is 0.0994. The SMILES string of the molecule is COCCCc1c(C(N)=O)n[nH]c1C. The molecule has 14 heavy (non-hydrogen) atoms. The van der Waals surface area contributed by atoms with Crippen LogP contribution in [0.25, 0.3) is 0 Å². The van der Waals surface area contributed by atoms with Crippen LogP contribution in [0.5, 0.6) is 0 Å². The first-order valence-electron chi connectivity index (χ1n) is 4.49. The molecule has 0 aromatic carbocycles. The van der Waals surface area contributed by atoms with Crippen molar-refractivity contribution in [2.24, 2.45) is 5.73 Å². The highest BCUT2D eigenvalue weighted by molar-refractivity contribution is 5.92. The minimum atomic E-state index is -0.484. The average molecular weight is 197 g/mol. The monoisotopic (exact) mass is 197 g/mol. The molecule has 1 heterocycles. The van der Waals surface area contributed by atoms with Crippen molar-refractivity contribution in [1.82, 2.24) is 10.2 Å². The fourth-order valence-electron chi connectivity index (χ4n) is 1.36. The zero-order valence-electron chi connectivity index (χ0n) is 8.46. The number of ether oxygens (including phenoxy) is 1. The summed E-state index contributed by atoms with van der Waals surface area (Å²) in [6.45, 7) is 2.55. The van der Waals surface area contributed by atoms with Gasteiger partial charge in [0.1, 0.15) is 0 Å². The van der Waals surface area contributed by atoms with E-state index < -0.39 is 5.91 Å². The third-order valence-corrected chi connectivity index (χ3v) is 2.08. The molecular weight excluding hydrogens is 182 g/mol. The molecule has 78 valence electrons. The summed E-state index contributed by atoms with van der Waals surface area (Å²) in [6.07, 6.45) is 1.62. The first-order chi connectivity index (χ1) is 6.66. The number of primary amides is 1. The second-order valence-electron chi connectivity index (χ2n) is 3.14. The lowest BCUT2D eigenvalue weighted by Crippen LogP contribution is -2.14. The Morgan fingerprint density at radius 3 is 2.93 bits per heavy atom. The molecule has 0 aliphatic rings. The van der Waals surface area contributed by atoms with Crippen LogP contribution in [-0.4, -0.2) is 29.8 Å². The number of nitrogens with one attached hydrogen (secondary N) is 1. The van der Waals surface area contributed by atoms with Crippen molar-refractivity contribution < 1.29 is 9.53 Å². The lowest BCUT2D eigenvalue weighted by Gasteiger charge is -2.00. The molecule has 3 N–H and O–H groups in total. The van der Waals surface area contributed by atoms with E-state index in [0.717, 1.165) is 24.1 Å². The first-order valence-corrected chi connectivity index (χ1v) is 4.49. The molecule has 0 radical (unpaired) electrons. The van der Waals surface area contributed by atoms with Crippen molar-refractivity contribution in [3.8, 4) is 0 Å². The van der Waals surface area contributed by atoms with E-state index in [1.165, 1.54) is 0 Å². The number of amides is 1. The smallest absolute Gasteiger partial charge is 0.269 e. The van der Waals surface area contributed by atoms with Crippen LogP contribution in [0.1, 0.15) is 28.2 Å². The Balaban J connectivity index is 2.72. The van der Waals surface area contributed by atoms with Gasteiger partial charge in [-0.15, -0.1) is 0 Å². The van der Waals surface area contributed by atoms with Crippen LogP contribution in [-0.2, 0) is 11.2 Å². The van der Waals surface area contributed by atoms with Gasteiger partial charge in [-0.05, 0) is 19.8 Å². The maximum absolute atomic E-state index is 11.0. The highest BCUT2D eigenvalue weighted by Gasteiger charge is 2.13. The molecule has 5 nitrogen and oxygen atoms in total. The number of nitrogens with two attached hydrogens (primary N) is 1. The van der Waals surface area contributed by atoms with Crippen molar-refractivity contribution in [2.75, 3.05) is 13.7 Å². The number of aryl methyl sites for hydroxylation is 1. The van der Waals surface area contributed by atoms with Gasteiger partial charge in [0.25, 0.3) is 5.91 Å². The molecule has 1 aromatic rings. The van der Waals surface area contributed by atoms with E-state index in [4.69, 9.17) is 10.5 Å². The van der Waals surface area contributed by atoms with Gasteiger partial charge in [-0.1, -0.05) is 0 Å². The fourth-order valence-corrected chi connectivity index (χ4v) is 1.36. The van der Waals surface area contributed by atoms with E-state index in [2.05, 4.69) is 10.2 Å². The predicted octanol–water partition coefficient (Wildman–Crippen LogP) is 0.396. The number of carbonyl (C=O) groups excluding carboxylic acids is 1. The van der Waals surface area contributed by atoms with Gasteiger partial charge >= 0.3 is 0 Å². The predicted molar refractivity (Wildman–Crippen MR) is 52.0 cm³/mol. The van der Waals surface area contributed by atoms with Gasteiger partial charge in [0.15, 0.2) is 5.69 Å². The second-order valence-corrected chi connectivity index (χ2v) is 3.14. The Kier molecular flexibility index (Phi) is 3.64. The molecule has 0 saturated heterocycles. The molecule has 1 rings (SSSR count). The van der Waals surface area contributed by atoms with Crippen molar-refractivity contribution in [3.63, 3.8) is 0 Å². The highest BCUT2D eigenvalue weighted by Crippen LogP contribution is 2.12. The van der Waals surface area contributed by atoms with E-state index in [1.54, 1.807) is 7.11 Å². The Morgan fingerprint density at radius 2 is 2.36 bits per heavy atom. The molecule has 0 aliphatic carbocycles. The Morgan fingerprint density at radius 1 is 1.64 bits per heavy atom. The zero-order chi connectivity index (χ0) is 10.6. The third-order valence-electron chi connectivity index (χ3n) is 2.08. The molecule has 1 aromatic heterocycles. The summed E-state index contributed by atoms with van der Waals surface area (Å²) >= 11 is 0. The molecule has 0 atom stereocenters. The summed E-state index contributed by atoms with van der Waals surface area (Å²) in [7, 11) is 1.65. The number of carbonyl (C=O) groups is 1. The van der Waals surface area contributed by atoms with Crippen LogP contribution >= 0.6 is 0 Å². The zero-order valence-corrected chi connectivity index (χ0v) is 8.46. The van der Waals surface area contributed by atoms with Gasteiger partial charge in [0.05, 0.1) is 0 Å². The number of methoxy groups -OCH3 is 1. The van der Waals surface area contributed by atoms with Gasteiger partial charge in [0, 0.05) is 25.0 Å². The van der Waals surface area contributed by atoms with Gasteiger partial charge in [0.2, 0.25) is 0 Å². The maximum Gasteiger partial charge on any atom is 0.269 e. The Labute approximate surface area is 82.6 Å². The lowest BCUT2D eigenvalue weighted by atomic mass is 10.1. The second kappa shape index (κ2) is 4.76. The standard InChI is InChI=1S/C9H15N3O2/c1-6-7(4-3-5-14-2)8(9(10)13)12-11-6/h3-5H2,1-2H3,(H2,10,13)(H,11,12). The number of hydrogen-bond acceptors (Lipinski definition) is 3. The van der Waals surface area contributed by atoms with Gasteiger partial charge in [-0.3, -0.25) is 9.89 Å². The van der Waals surface area contributed by atoms with E-state index in [-0.39, 0.29) is 0 Å². The van der Waals surface area contributed by atoms with Crippen molar-refractivity contribution in [2.45, 2.75) is 19.8 Å². The van der Waals surface area contributed by atoms with Crippen molar-refractivity contribution in [1.29, 1.82) is 0 Å². The van der Waals surface area contributed by atoms with Crippen LogP contribution in [0.15, 0.2) is 0 Å². The van der Waals surface area contributed by atoms with E-state index >= 15 is 0 Å². The summed E-state index contributed by atoms with van der Waals surface area (Å²) in [5, 5.41) is 6.61. The minimum absolute atomic E-state index is 0.346. The minimum Gasteiger partial charge on any atom is -0.385 e. The topological polar surface area (TPSA) is 81.0 Å². The van der Waals surface area contributed by atoms with E-state index in [0.29, 0.717) is 12.3 Å². The van der Waals surface area contributed by atoms with Gasteiger partial charge in [-0.2, -0.15) is 5.10 Å². The van der Waals surface area contributed by atoms with Gasteiger partial charge < -0.3 is 10.5 Å². The number of nitrogens with zero attached hydrogens (tertiary/aromatic N) is 1. The van der Waals surface area contributed by atoms with Gasteiger partial charge in [-0.25, -0.2) is 0 Å². The number of hydrogen-bond donors (Lipinski definition) is 2. The summed E-state index contributed by atoms with van der Waals surface area (Å²) in [4.78, 5) is 11.0. The van der Waals surface area contributed by atoms with Crippen LogP contribution in [0.2, 0.25) is 0 Å². The largest absolute Gasteiger partial charge is 0.385 e. The average Bonchev–Trinajstić information content (AvgIpc) is 2.48. The third kappa shape index (κ3) is 2.32.